The summed E-state index contributed by atoms with van der Waals surface area (Å²) in [6, 6.07) is 11.1. The molecule has 4 heteroatoms. The maximum Gasteiger partial charge on any atom is 0.240 e. The molecule has 0 bridgehead atoms. The van der Waals surface area contributed by atoms with E-state index >= 15 is 0 Å². The minimum absolute atomic E-state index is 0.0690. The predicted molar refractivity (Wildman–Crippen MR) is 74.9 cm³/mol. The summed E-state index contributed by atoms with van der Waals surface area (Å²) in [6.07, 6.45) is 0.634. The van der Waals surface area contributed by atoms with Gasteiger partial charge >= 0.3 is 0 Å². The number of amides is 1. The van der Waals surface area contributed by atoms with Crippen LogP contribution in [0.5, 0.6) is 0 Å². The number of carbonyl (C=O) groups is 1. The lowest BCUT2D eigenvalue weighted by Gasteiger charge is -2.24. The van der Waals surface area contributed by atoms with Gasteiger partial charge in [-0.05, 0) is 17.9 Å². The quantitative estimate of drug-likeness (QED) is 0.793. The first-order valence-corrected chi connectivity index (χ1v) is 6.49. The van der Waals surface area contributed by atoms with Gasteiger partial charge in [-0.15, -0.1) is 0 Å². The molecule has 1 amide bonds. The Labute approximate surface area is 114 Å². The molecule has 102 valence electrons. The van der Waals surface area contributed by atoms with Crippen molar-refractivity contribution in [3.05, 3.63) is 35.9 Å². The normalized spacial score (nSPS) is 11.9. The molecule has 0 aromatic heterocycles. The zero-order chi connectivity index (χ0) is 14.3. The largest absolute Gasteiger partial charge is 0.324 e. The van der Waals surface area contributed by atoms with E-state index in [1.165, 1.54) is 4.90 Å². The summed E-state index contributed by atoms with van der Waals surface area (Å²) < 4.78 is 0. The van der Waals surface area contributed by atoms with Gasteiger partial charge in [-0.3, -0.25) is 4.79 Å². The summed E-state index contributed by atoms with van der Waals surface area (Å²) in [5.74, 6) is 0.207. The number of nitriles is 1. The second kappa shape index (κ2) is 7.55. The van der Waals surface area contributed by atoms with Crippen molar-refractivity contribution in [2.24, 2.45) is 11.7 Å². The molecule has 1 aromatic carbocycles. The fourth-order valence-electron chi connectivity index (χ4n) is 1.94. The van der Waals surface area contributed by atoms with E-state index in [4.69, 9.17) is 11.0 Å². The summed E-state index contributed by atoms with van der Waals surface area (Å²) in [6.45, 7) is 4.55. The molecule has 1 rings (SSSR count). The Hall–Kier alpha value is -1.86. The van der Waals surface area contributed by atoms with Crippen molar-refractivity contribution in [2.75, 3.05) is 6.54 Å². The van der Waals surface area contributed by atoms with Gasteiger partial charge in [0.15, 0.2) is 0 Å². The van der Waals surface area contributed by atoms with E-state index < -0.39 is 6.04 Å². The van der Waals surface area contributed by atoms with E-state index in [2.05, 4.69) is 0 Å². The standard InChI is InChI=1S/C15H21N3O/c1-12(2)10-14(17)15(19)18(9-8-16)11-13-6-4-3-5-7-13/h3-7,12,14H,9-11,17H2,1-2H3. The van der Waals surface area contributed by atoms with Crippen molar-refractivity contribution in [1.29, 1.82) is 5.26 Å². The molecule has 19 heavy (non-hydrogen) atoms. The van der Waals surface area contributed by atoms with Gasteiger partial charge in [-0.25, -0.2) is 0 Å². The van der Waals surface area contributed by atoms with E-state index in [9.17, 15) is 4.79 Å². The molecule has 0 aliphatic carbocycles. The SMILES string of the molecule is CC(C)CC(N)C(=O)N(CC#N)Cc1ccccc1. The number of hydrogen-bond donors (Lipinski definition) is 1. The van der Waals surface area contributed by atoms with Crippen LogP contribution in [0.25, 0.3) is 0 Å². The van der Waals surface area contributed by atoms with Gasteiger partial charge in [0.25, 0.3) is 0 Å². The average Bonchev–Trinajstić information content (AvgIpc) is 2.38. The number of nitrogens with two attached hydrogens (primary N) is 1. The Morgan fingerprint density at radius 2 is 2.00 bits per heavy atom. The molecule has 0 aliphatic heterocycles. The molecule has 0 spiro atoms. The van der Waals surface area contributed by atoms with E-state index in [1.54, 1.807) is 0 Å². The van der Waals surface area contributed by atoms with Gasteiger partial charge in [0.1, 0.15) is 6.54 Å². The van der Waals surface area contributed by atoms with Crippen LogP contribution in [0.15, 0.2) is 30.3 Å². The summed E-state index contributed by atoms with van der Waals surface area (Å²) in [5.41, 5.74) is 6.90. The fraction of sp³-hybridized carbons (Fsp3) is 0.467. The average molecular weight is 259 g/mol. The summed E-state index contributed by atoms with van der Waals surface area (Å²) >= 11 is 0. The molecule has 0 radical (unpaired) electrons. The van der Waals surface area contributed by atoms with Crippen LogP contribution < -0.4 is 5.73 Å². The van der Waals surface area contributed by atoms with E-state index in [-0.39, 0.29) is 12.5 Å². The van der Waals surface area contributed by atoms with Gasteiger partial charge in [0.05, 0.1) is 12.1 Å². The maximum atomic E-state index is 12.2. The van der Waals surface area contributed by atoms with E-state index in [0.717, 1.165) is 5.56 Å². The molecule has 2 N–H and O–H groups in total. The van der Waals surface area contributed by atoms with Gasteiger partial charge in [0.2, 0.25) is 5.91 Å². The molecule has 0 aliphatic rings. The Morgan fingerprint density at radius 1 is 1.37 bits per heavy atom. The molecular formula is C15H21N3O. The number of rotatable bonds is 6. The summed E-state index contributed by atoms with van der Waals surface area (Å²) in [5, 5.41) is 8.84. The van der Waals surface area contributed by atoms with Crippen LogP contribution in [0.4, 0.5) is 0 Å². The molecule has 0 saturated heterocycles. The topological polar surface area (TPSA) is 70.1 Å². The summed E-state index contributed by atoms with van der Waals surface area (Å²) in [7, 11) is 0. The smallest absolute Gasteiger partial charge is 0.240 e. The van der Waals surface area contributed by atoms with Crippen molar-refractivity contribution in [3.8, 4) is 6.07 Å². The second-order valence-electron chi connectivity index (χ2n) is 5.07. The van der Waals surface area contributed by atoms with Gasteiger partial charge in [0, 0.05) is 6.54 Å². The zero-order valence-corrected chi connectivity index (χ0v) is 11.5. The molecule has 0 saturated carbocycles. The number of benzene rings is 1. The molecule has 0 heterocycles. The van der Waals surface area contributed by atoms with Crippen LogP contribution in [0.1, 0.15) is 25.8 Å². The molecule has 1 aromatic rings. The molecular weight excluding hydrogens is 238 g/mol. The molecule has 1 atom stereocenters. The molecule has 1 unspecified atom stereocenters. The van der Waals surface area contributed by atoms with Crippen molar-refractivity contribution in [2.45, 2.75) is 32.9 Å². The Balaban J connectivity index is 2.72. The third-order valence-corrected chi connectivity index (χ3v) is 2.83. The highest BCUT2D eigenvalue weighted by molar-refractivity contribution is 5.81. The lowest BCUT2D eigenvalue weighted by atomic mass is 10.0. The summed E-state index contributed by atoms with van der Waals surface area (Å²) in [4.78, 5) is 13.7. The Kier molecular flexibility index (Phi) is 6.04. The monoisotopic (exact) mass is 259 g/mol. The first kappa shape index (κ1) is 15.2. The van der Waals surface area contributed by atoms with Crippen molar-refractivity contribution in [3.63, 3.8) is 0 Å². The van der Waals surface area contributed by atoms with Crippen molar-refractivity contribution >= 4 is 5.91 Å². The van der Waals surface area contributed by atoms with Crippen LogP contribution in [0.3, 0.4) is 0 Å². The van der Waals surface area contributed by atoms with Crippen LogP contribution in [0, 0.1) is 17.2 Å². The minimum Gasteiger partial charge on any atom is -0.324 e. The highest BCUT2D eigenvalue weighted by atomic mass is 16.2. The van der Waals surface area contributed by atoms with Gasteiger partial charge < -0.3 is 10.6 Å². The van der Waals surface area contributed by atoms with Gasteiger partial charge in [-0.1, -0.05) is 44.2 Å². The van der Waals surface area contributed by atoms with Crippen LogP contribution in [-0.4, -0.2) is 23.4 Å². The number of carbonyl (C=O) groups excluding carboxylic acids is 1. The van der Waals surface area contributed by atoms with E-state index in [0.29, 0.717) is 18.9 Å². The van der Waals surface area contributed by atoms with Crippen molar-refractivity contribution in [1.82, 2.24) is 4.90 Å². The Bertz CT molecular complexity index is 436. The van der Waals surface area contributed by atoms with Crippen molar-refractivity contribution < 1.29 is 4.79 Å². The lowest BCUT2D eigenvalue weighted by molar-refractivity contribution is -0.132. The second-order valence-corrected chi connectivity index (χ2v) is 5.07. The Morgan fingerprint density at radius 3 is 2.53 bits per heavy atom. The predicted octanol–water partition coefficient (Wildman–Crippen LogP) is 1.91. The minimum atomic E-state index is -0.530. The molecule has 4 nitrogen and oxygen atoms in total. The third-order valence-electron chi connectivity index (χ3n) is 2.83. The van der Waals surface area contributed by atoms with E-state index in [1.807, 2.05) is 50.2 Å². The first-order valence-electron chi connectivity index (χ1n) is 6.49. The molecule has 0 fully saturated rings. The number of hydrogen-bond acceptors (Lipinski definition) is 3. The zero-order valence-electron chi connectivity index (χ0n) is 11.5. The van der Waals surface area contributed by atoms with Crippen LogP contribution >= 0.6 is 0 Å². The first-order chi connectivity index (χ1) is 9.04. The van der Waals surface area contributed by atoms with Crippen LogP contribution in [-0.2, 0) is 11.3 Å². The number of nitrogens with zero attached hydrogens (tertiary/aromatic N) is 2. The highest BCUT2D eigenvalue weighted by Gasteiger charge is 2.21. The third kappa shape index (κ3) is 5.11. The van der Waals surface area contributed by atoms with Gasteiger partial charge in [-0.2, -0.15) is 5.26 Å². The van der Waals surface area contributed by atoms with Crippen LogP contribution in [0.2, 0.25) is 0 Å². The fourth-order valence-corrected chi connectivity index (χ4v) is 1.94. The highest BCUT2D eigenvalue weighted by Crippen LogP contribution is 2.09. The maximum absolute atomic E-state index is 12.2. The lowest BCUT2D eigenvalue weighted by Crippen LogP contribution is -2.44.